The van der Waals surface area contributed by atoms with Crippen molar-refractivity contribution in [1.82, 2.24) is 9.13 Å². The topological polar surface area (TPSA) is 16.3 Å². The number of nitrogens with zero attached hydrogens (tertiary/aromatic N) is 4. The number of rotatable bonds is 8. The molecule has 5 heteroatoms. The number of fused-ring (bicyclic) bond motifs is 10. The molecule has 15 aromatic rings. The minimum Gasteiger partial charge on any atom is -0.310 e. The van der Waals surface area contributed by atoms with Gasteiger partial charge in [0.15, 0.2) is 0 Å². The first-order chi connectivity index (χ1) is 66.2. The van der Waals surface area contributed by atoms with E-state index in [-0.39, 0.29) is 146 Å². The number of hydrogen-bond acceptors (Lipinski definition) is 2. The molecular formula is C114H123BN4. The Morgan fingerprint density at radius 1 is 0.252 bits per heavy atom. The molecule has 0 amide bonds. The predicted molar refractivity (Wildman–Crippen MR) is 519 cm³/mol. The average Bonchev–Trinajstić information content (AvgIpc) is 0.719. The second-order valence-electron chi connectivity index (χ2n) is 42.0. The van der Waals surface area contributed by atoms with E-state index < -0.39 is 177 Å². The molecule has 17 rings (SSSR count). The molecule has 0 atom stereocenters. The van der Waals surface area contributed by atoms with Gasteiger partial charge in [0.1, 0.15) is 0 Å². The number of para-hydroxylation sites is 4. The monoisotopic (exact) mass is 1580 g/mol. The highest BCUT2D eigenvalue weighted by molar-refractivity contribution is 7.00. The van der Waals surface area contributed by atoms with E-state index >= 15 is 0 Å². The second kappa shape index (κ2) is 27.9. The zero-order valence-corrected chi connectivity index (χ0v) is 74.2. The van der Waals surface area contributed by atoms with Crippen molar-refractivity contribution in [2.45, 2.75) is 236 Å². The van der Waals surface area contributed by atoms with E-state index in [1.165, 1.54) is 9.13 Å². The van der Waals surface area contributed by atoms with Crippen molar-refractivity contribution in [3.8, 4) is 55.9 Å². The van der Waals surface area contributed by atoms with Crippen LogP contribution >= 0.6 is 0 Å². The van der Waals surface area contributed by atoms with E-state index in [0.717, 1.165) is 44.5 Å². The predicted octanol–water partition coefficient (Wildman–Crippen LogP) is 30.3. The van der Waals surface area contributed by atoms with Crippen molar-refractivity contribution in [2.24, 2.45) is 0 Å². The fourth-order valence-corrected chi connectivity index (χ4v) is 17.3. The maximum absolute atomic E-state index is 11.8. The summed E-state index contributed by atoms with van der Waals surface area (Å²) in [6, 6.07) is 20.7. The zero-order chi connectivity index (χ0) is 107. The van der Waals surface area contributed by atoms with Crippen LogP contribution in [0.3, 0.4) is 0 Å². The van der Waals surface area contributed by atoms with Crippen molar-refractivity contribution in [3.05, 3.63) is 304 Å². The van der Waals surface area contributed by atoms with Gasteiger partial charge in [-0.1, -0.05) is 356 Å². The van der Waals surface area contributed by atoms with Crippen molar-refractivity contribution >= 4 is 101 Å². The standard InChI is InChI=1S/C114H123BN4/c1-106(2,3)71-50-48-70(49-51-71)85-61-74(109(10,11)12)64-89(86-60-72(107(4,5)6)53-57-91(86)113(22,23)24)104(85)118-99-68-77(116-95-44-34-29-39-81(95)82-40-30-35-45-96(82)116)54-58-93(99)115-94-59-55-78(117-97-46-36-31-41-83(97)84-42-32-37-47-98(84)117)69-100(94)119(102-67-76(111(16,17)18)66-101(118)103(102)115)105-87(79-38-28-33-43-90(79)112(19,20)21)62-75(110(13,14)15)63-88(105)80-56-52-73(108(7,8)9)65-92(80)114(25,26)27/h28-69H,1-27H3/i29D,30D,31D,32D,34D,35D,36D,37D,39D,40D,41D,42D,44D,45D,46D,47D,48D,49D,50D,51D,53D,57D,60D,61D,64D. The van der Waals surface area contributed by atoms with Gasteiger partial charge < -0.3 is 18.9 Å². The summed E-state index contributed by atoms with van der Waals surface area (Å²) in [5.41, 5.74) is 1.56. The molecular weight excluding hydrogens is 1440 g/mol. The lowest BCUT2D eigenvalue weighted by molar-refractivity contribution is 0.569. The maximum Gasteiger partial charge on any atom is 0.252 e. The summed E-state index contributed by atoms with van der Waals surface area (Å²) >= 11 is 0. The van der Waals surface area contributed by atoms with E-state index in [2.05, 4.69) is 137 Å². The smallest absolute Gasteiger partial charge is 0.252 e. The van der Waals surface area contributed by atoms with Crippen LogP contribution in [0.5, 0.6) is 0 Å². The second-order valence-corrected chi connectivity index (χ2v) is 42.0. The van der Waals surface area contributed by atoms with Crippen molar-refractivity contribution in [2.75, 3.05) is 9.80 Å². The van der Waals surface area contributed by atoms with Gasteiger partial charge in [-0.05, 0) is 222 Å². The molecule has 0 radical (unpaired) electrons. The van der Waals surface area contributed by atoms with Crippen LogP contribution < -0.4 is 26.2 Å². The zero-order valence-electron chi connectivity index (χ0n) is 99.2. The van der Waals surface area contributed by atoms with E-state index in [0.29, 0.717) is 39.0 Å². The van der Waals surface area contributed by atoms with Gasteiger partial charge >= 0.3 is 0 Å². The minimum absolute atomic E-state index is 0.0137. The van der Waals surface area contributed by atoms with E-state index in [1.807, 2.05) is 118 Å². The summed E-state index contributed by atoms with van der Waals surface area (Å²) in [6.45, 7) is 53.0. The van der Waals surface area contributed by atoms with Crippen LogP contribution in [0.15, 0.2) is 254 Å². The molecule has 0 fully saturated rings. The lowest BCUT2D eigenvalue weighted by Gasteiger charge is -2.47. The summed E-state index contributed by atoms with van der Waals surface area (Å²) < 4.78 is 257. The normalized spacial score (nSPS) is 16.7. The molecule has 119 heavy (non-hydrogen) atoms. The molecule has 0 saturated heterocycles. The van der Waals surface area contributed by atoms with Crippen molar-refractivity contribution < 1.29 is 34.3 Å². The first kappa shape index (κ1) is 55.8. The lowest BCUT2D eigenvalue weighted by atomic mass is 9.33. The molecule has 0 aliphatic carbocycles. The van der Waals surface area contributed by atoms with Gasteiger partial charge in [0.05, 0.1) is 67.7 Å². The first-order valence-corrected chi connectivity index (χ1v) is 41.7. The van der Waals surface area contributed by atoms with Gasteiger partial charge in [-0.2, -0.15) is 0 Å². The molecule has 602 valence electrons. The highest BCUT2D eigenvalue weighted by atomic mass is 15.2. The highest BCUT2D eigenvalue weighted by Gasteiger charge is 2.48. The molecule has 0 saturated carbocycles. The summed E-state index contributed by atoms with van der Waals surface area (Å²) in [4.78, 5) is 4.08. The Labute approximate surface area is 746 Å². The Morgan fingerprint density at radius 2 is 0.630 bits per heavy atom. The highest BCUT2D eigenvalue weighted by Crippen LogP contribution is 2.58. The summed E-state index contributed by atoms with van der Waals surface area (Å²) in [6.07, 6.45) is 0. The molecule has 0 bridgehead atoms. The number of hydrogen-bond donors (Lipinski definition) is 0. The quantitative estimate of drug-likeness (QED) is 0.141. The maximum atomic E-state index is 11.8. The lowest BCUT2D eigenvalue weighted by Crippen LogP contribution is -2.61. The summed E-state index contributed by atoms with van der Waals surface area (Å²) in [5.74, 6) is 0. The van der Waals surface area contributed by atoms with Crippen molar-refractivity contribution in [3.63, 3.8) is 0 Å². The third-order valence-corrected chi connectivity index (χ3v) is 23.8. The number of anilines is 6. The van der Waals surface area contributed by atoms with E-state index in [4.69, 9.17) is 0 Å². The number of aromatic nitrogens is 2. The van der Waals surface area contributed by atoms with Crippen LogP contribution in [0, 0.1) is 0 Å². The van der Waals surface area contributed by atoms with Gasteiger partial charge in [0.2, 0.25) is 0 Å². The van der Waals surface area contributed by atoms with Gasteiger partial charge in [-0.3, -0.25) is 0 Å². The van der Waals surface area contributed by atoms with Gasteiger partial charge in [0, 0.05) is 77.9 Å². The molecule has 0 unspecified atom stereocenters. The third-order valence-electron chi connectivity index (χ3n) is 23.8. The van der Waals surface area contributed by atoms with Gasteiger partial charge in [0.25, 0.3) is 6.71 Å². The Morgan fingerprint density at radius 3 is 1.06 bits per heavy atom. The van der Waals surface area contributed by atoms with Gasteiger partial charge in [-0.15, -0.1) is 0 Å². The summed E-state index contributed by atoms with van der Waals surface area (Å²) in [7, 11) is 0. The Balaban J connectivity index is 1.23. The average molecular weight is 1590 g/mol. The third kappa shape index (κ3) is 13.9. The Bertz CT molecular complexity index is 8010. The molecule has 13 aromatic carbocycles. The van der Waals surface area contributed by atoms with Crippen LogP contribution in [0.25, 0.3) is 99.5 Å². The SMILES string of the molecule is [2H]c1c([2H])c(C(C)(C)C)c([2H])c([2H])c1-c1c([2H])c(C(C)(C)C)c([2H])c(-c2c([2H])c(C(C)(C)C)c([2H])c([2H])c2C(C)(C)C)c1N1c2cc(-n3c4c([2H])c([2H])c([2H])c([2H])c4c4c([2H])c([2H])c([2H])c([2H])c43)ccc2B2c3ccc(-n4c5c([2H])c([2H])c([2H])c([2H])c5c5c([2H])c([2H])c([2H])c([2H])c54)cc3N(c3c(-c4ccccc4C(C)(C)C)cc(C(C)(C)C)cc3-c3ccc(C(C)(C)C)cc3C(C)(C)C)c3cc(C(C)(C)C)cc1c32. The molecule has 4 heterocycles. The van der Waals surface area contributed by atoms with Crippen LogP contribution in [-0.2, 0) is 48.7 Å². The van der Waals surface area contributed by atoms with E-state index in [1.54, 1.807) is 45.0 Å². The fraction of sp³-hybridized carbons (Fsp3) is 0.316. The largest absolute Gasteiger partial charge is 0.310 e. The molecule has 2 aliphatic rings. The minimum atomic E-state index is -1.28. The van der Waals surface area contributed by atoms with Crippen LogP contribution in [0.2, 0.25) is 0 Å². The van der Waals surface area contributed by atoms with E-state index in [9.17, 15) is 34.3 Å². The molecule has 4 nitrogen and oxygen atoms in total. The fourth-order valence-electron chi connectivity index (χ4n) is 17.3. The first-order valence-electron chi connectivity index (χ1n) is 54.2. The Kier molecular flexibility index (Phi) is 13.1. The molecule has 0 N–H and O–H groups in total. The van der Waals surface area contributed by atoms with Crippen LogP contribution in [0.4, 0.5) is 34.1 Å². The molecule has 2 aliphatic heterocycles. The molecule has 2 aromatic heterocycles. The Hall–Kier alpha value is -10.9. The number of benzene rings is 13. The van der Waals surface area contributed by atoms with Crippen molar-refractivity contribution in [1.29, 1.82) is 0 Å². The van der Waals surface area contributed by atoms with Crippen LogP contribution in [-0.4, -0.2) is 15.8 Å². The summed E-state index contributed by atoms with van der Waals surface area (Å²) in [5, 5.41) is -0.823. The van der Waals surface area contributed by atoms with Crippen LogP contribution in [0.1, 0.15) is 271 Å². The molecule has 0 spiro atoms. The van der Waals surface area contributed by atoms with Gasteiger partial charge in [-0.25, -0.2) is 0 Å².